The van der Waals surface area contributed by atoms with Crippen LogP contribution in [0.25, 0.3) is 39.4 Å². The second-order valence-corrected chi connectivity index (χ2v) is 9.29. The van der Waals surface area contributed by atoms with Gasteiger partial charge in [-0.15, -0.1) is 0 Å². The lowest BCUT2D eigenvalue weighted by molar-refractivity contribution is 1.07. The first-order chi connectivity index (χ1) is 18.2. The van der Waals surface area contributed by atoms with Crippen LogP contribution in [0, 0.1) is 29.6 Å². The van der Waals surface area contributed by atoms with Gasteiger partial charge in [0.25, 0.3) is 0 Å². The van der Waals surface area contributed by atoms with E-state index in [0.717, 1.165) is 50.8 Å². The van der Waals surface area contributed by atoms with Gasteiger partial charge in [0.1, 0.15) is 12.1 Å². The lowest BCUT2D eigenvalue weighted by Crippen LogP contribution is -2.04. The number of fused-ring (bicyclic) bond motifs is 3. The number of benzene rings is 4. The number of rotatable bonds is 3. The molecule has 3 nitrogen and oxygen atoms in total. The third-order valence-corrected chi connectivity index (χ3v) is 6.99. The predicted molar refractivity (Wildman–Crippen MR) is 150 cm³/mol. The van der Waals surface area contributed by atoms with E-state index in [1.165, 1.54) is 5.56 Å². The quantitative estimate of drug-likeness (QED) is 0.266. The first kappa shape index (κ1) is 22.4. The lowest BCUT2D eigenvalue weighted by Gasteiger charge is -2.14. The monoisotopic (exact) mass is 473 g/mol. The van der Waals surface area contributed by atoms with E-state index in [9.17, 15) is 10.5 Å². The Labute approximate surface area is 216 Å². The molecule has 1 heterocycles. The summed E-state index contributed by atoms with van der Waals surface area (Å²) in [4.78, 5) is 0. The van der Waals surface area contributed by atoms with Gasteiger partial charge in [-0.05, 0) is 77.1 Å². The summed E-state index contributed by atoms with van der Waals surface area (Å²) in [5.41, 5.74) is 10.3. The third-order valence-electron chi connectivity index (χ3n) is 6.99. The predicted octanol–water partition coefficient (Wildman–Crippen LogP) is 8.00. The van der Waals surface area contributed by atoms with Crippen LogP contribution in [-0.2, 0) is 6.42 Å². The fourth-order valence-electron chi connectivity index (χ4n) is 5.30. The van der Waals surface area contributed by atoms with Gasteiger partial charge >= 0.3 is 0 Å². The van der Waals surface area contributed by atoms with Crippen LogP contribution in [-0.4, -0.2) is 4.57 Å². The number of hydrogen-bond donors (Lipinski definition) is 0. The van der Waals surface area contributed by atoms with E-state index < -0.39 is 0 Å². The smallest absolute Gasteiger partial charge is 0.101 e. The Morgan fingerprint density at radius 2 is 1.35 bits per heavy atom. The summed E-state index contributed by atoms with van der Waals surface area (Å²) in [5.74, 6) is 0. The molecular weight excluding hydrogens is 450 g/mol. The summed E-state index contributed by atoms with van der Waals surface area (Å²) in [6, 6.07) is 35.6. The molecule has 1 aromatic heterocycles. The van der Waals surface area contributed by atoms with Crippen molar-refractivity contribution in [2.45, 2.75) is 13.3 Å². The van der Waals surface area contributed by atoms with E-state index in [1.807, 2.05) is 43.3 Å². The third kappa shape index (κ3) is 3.84. The number of nitrogens with zero attached hydrogens (tertiary/aromatic N) is 3. The van der Waals surface area contributed by atoms with Crippen LogP contribution in [0.1, 0.15) is 33.5 Å². The molecule has 4 aromatic carbocycles. The van der Waals surface area contributed by atoms with E-state index in [-0.39, 0.29) is 0 Å². The highest BCUT2D eigenvalue weighted by atomic mass is 15.0. The van der Waals surface area contributed by atoms with Crippen LogP contribution in [0.15, 0.2) is 103 Å². The number of aryl methyl sites for hydroxylation is 1. The molecule has 0 spiro atoms. The molecule has 1 aliphatic carbocycles. The van der Waals surface area contributed by atoms with Gasteiger partial charge in [0.05, 0.1) is 28.0 Å². The van der Waals surface area contributed by atoms with Crippen LogP contribution in [0.3, 0.4) is 0 Å². The number of hydrogen-bond acceptors (Lipinski definition) is 2. The highest BCUT2D eigenvalue weighted by Crippen LogP contribution is 2.38. The largest absolute Gasteiger partial charge is 0.307 e. The highest BCUT2D eigenvalue weighted by molar-refractivity contribution is 5.96. The van der Waals surface area contributed by atoms with Crippen LogP contribution < -0.4 is 0 Å². The molecule has 0 saturated carbocycles. The standard InChI is InChI=1S/C34H23N3/c1-23-18-28(21-35)34(29(19-23)22-36)37-32-16-13-26(24-8-4-2-5-9-24)12-15-30(32)31-20-27(14-17-33(31)37)25-10-6-3-7-11-25/h2-14,16-20H,15H2,1H3. The molecule has 0 atom stereocenters. The first-order valence-corrected chi connectivity index (χ1v) is 12.3. The van der Waals surface area contributed by atoms with Crippen LogP contribution in [0.2, 0.25) is 0 Å². The van der Waals surface area contributed by atoms with Crippen molar-refractivity contribution < 1.29 is 0 Å². The maximum absolute atomic E-state index is 10.1. The molecule has 174 valence electrons. The molecule has 6 rings (SSSR count). The van der Waals surface area contributed by atoms with E-state index >= 15 is 0 Å². The van der Waals surface area contributed by atoms with Crippen molar-refractivity contribution in [1.82, 2.24) is 4.57 Å². The first-order valence-electron chi connectivity index (χ1n) is 12.3. The topological polar surface area (TPSA) is 52.5 Å². The van der Waals surface area contributed by atoms with E-state index in [2.05, 4.69) is 89.5 Å². The number of allylic oxidation sites excluding steroid dienone is 3. The van der Waals surface area contributed by atoms with Crippen molar-refractivity contribution in [3.05, 3.63) is 137 Å². The molecule has 0 N–H and O–H groups in total. The van der Waals surface area contributed by atoms with E-state index in [1.54, 1.807) is 0 Å². The molecular formula is C34H23N3. The SMILES string of the molecule is Cc1cc(C#N)c(-n2c3c(c4cc(-c5ccccc5)ccc42)CC=C(c2ccccc2)C=C3)c(C#N)c1. The zero-order valence-corrected chi connectivity index (χ0v) is 20.4. The van der Waals surface area contributed by atoms with Crippen LogP contribution >= 0.6 is 0 Å². The molecule has 0 amide bonds. The zero-order valence-electron chi connectivity index (χ0n) is 20.4. The fraction of sp³-hybridized carbons (Fsp3) is 0.0588. The average Bonchev–Trinajstić information content (AvgIpc) is 3.08. The van der Waals surface area contributed by atoms with E-state index in [0.29, 0.717) is 16.8 Å². The number of aromatic nitrogens is 1. The summed E-state index contributed by atoms with van der Waals surface area (Å²) in [7, 11) is 0. The minimum atomic E-state index is 0.497. The second kappa shape index (κ2) is 9.15. The molecule has 0 aliphatic heterocycles. The molecule has 0 bridgehead atoms. The molecule has 5 aromatic rings. The Hall–Kier alpha value is -5.12. The van der Waals surface area contributed by atoms with Gasteiger partial charge in [0.15, 0.2) is 0 Å². The Morgan fingerprint density at radius 1 is 0.703 bits per heavy atom. The van der Waals surface area contributed by atoms with Crippen LogP contribution in [0.4, 0.5) is 0 Å². The summed E-state index contributed by atoms with van der Waals surface area (Å²) in [6.07, 6.45) is 7.28. The van der Waals surface area contributed by atoms with E-state index in [4.69, 9.17) is 0 Å². The Bertz CT molecular complexity index is 1770. The highest BCUT2D eigenvalue weighted by Gasteiger charge is 2.23. The van der Waals surface area contributed by atoms with Crippen molar-refractivity contribution in [2.75, 3.05) is 0 Å². The normalized spacial score (nSPS) is 12.4. The molecule has 0 fully saturated rings. The van der Waals surface area contributed by atoms with Gasteiger partial charge in [-0.25, -0.2) is 0 Å². The van der Waals surface area contributed by atoms with Gasteiger partial charge in [-0.3, -0.25) is 0 Å². The maximum atomic E-state index is 10.1. The molecule has 1 aliphatic rings. The summed E-state index contributed by atoms with van der Waals surface area (Å²) >= 11 is 0. The summed E-state index contributed by atoms with van der Waals surface area (Å²) in [6.45, 7) is 1.92. The van der Waals surface area contributed by atoms with Crippen molar-refractivity contribution in [2.24, 2.45) is 0 Å². The molecule has 37 heavy (non-hydrogen) atoms. The lowest BCUT2D eigenvalue weighted by atomic mass is 10.0. The maximum Gasteiger partial charge on any atom is 0.101 e. The second-order valence-electron chi connectivity index (χ2n) is 9.29. The Morgan fingerprint density at radius 3 is 2.00 bits per heavy atom. The Balaban J connectivity index is 1.66. The minimum Gasteiger partial charge on any atom is -0.307 e. The van der Waals surface area contributed by atoms with Crippen molar-refractivity contribution >= 4 is 22.6 Å². The molecule has 3 heteroatoms. The summed E-state index contributed by atoms with van der Waals surface area (Å²) in [5, 5.41) is 21.3. The van der Waals surface area contributed by atoms with Gasteiger partial charge in [0, 0.05) is 5.39 Å². The average molecular weight is 474 g/mol. The zero-order chi connectivity index (χ0) is 25.4. The minimum absolute atomic E-state index is 0.497. The van der Waals surface area contributed by atoms with Crippen molar-refractivity contribution in [3.8, 4) is 29.0 Å². The van der Waals surface area contributed by atoms with Gasteiger partial charge < -0.3 is 4.57 Å². The van der Waals surface area contributed by atoms with Gasteiger partial charge in [-0.2, -0.15) is 10.5 Å². The summed E-state index contributed by atoms with van der Waals surface area (Å²) < 4.78 is 2.11. The Kier molecular flexibility index (Phi) is 5.53. The fourth-order valence-corrected chi connectivity index (χ4v) is 5.30. The van der Waals surface area contributed by atoms with Gasteiger partial charge in [-0.1, -0.05) is 78.9 Å². The molecule has 0 radical (unpaired) electrons. The van der Waals surface area contributed by atoms with Crippen LogP contribution in [0.5, 0.6) is 0 Å². The van der Waals surface area contributed by atoms with Crippen molar-refractivity contribution in [1.29, 1.82) is 10.5 Å². The number of nitriles is 2. The van der Waals surface area contributed by atoms with Crippen molar-refractivity contribution in [3.63, 3.8) is 0 Å². The van der Waals surface area contributed by atoms with Gasteiger partial charge in [0.2, 0.25) is 0 Å². The molecule has 0 unspecified atom stereocenters. The molecule has 0 saturated heterocycles.